The number of nitrogens with two attached hydrogens (primary N) is 1. The molecule has 0 heterocycles. The fourth-order valence-electron chi connectivity index (χ4n) is 1.66. The molecule has 0 atom stereocenters. The molecule has 0 aromatic heterocycles. The van der Waals surface area contributed by atoms with E-state index >= 15 is 0 Å². The van der Waals surface area contributed by atoms with E-state index in [1.165, 1.54) is 0 Å². The lowest BCUT2D eigenvalue weighted by Gasteiger charge is -2.26. The van der Waals surface area contributed by atoms with E-state index in [0.29, 0.717) is 12.5 Å². The van der Waals surface area contributed by atoms with Crippen LogP contribution in [0.5, 0.6) is 0 Å². The molecule has 0 radical (unpaired) electrons. The van der Waals surface area contributed by atoms with Gasteiger partial charge in [0.1, 0.15) is 0 Å². The largest absolute Gasteiger partial charge is 0.398 e. The third-order valence-electron chi connectivity index (χ3n) is 2.76. The molecule has 0 saturated heterocycles. The smallest absolute Gasteiger partial charge is 0.0635 e. The molecule has 0 aliphatic heterocycles. The summed E-state index contributed by atoms with van der Waals surface area (Å²) in [6, 6.07) is 8.41. The molecule has 1 rings (SSSR count). The summed E-state index contributed by atoms with van der Waals surface area (Å²) in [5, 5.41) is 8.66. The molecule has 0 fully saturated rings. The van der Waals surface area contributed by atoms with E-state index in [1.54, 1.807) is 0 Å². The van der Waals surface area contributed by atoms with Gasteiger partial charge in [0.15, 0.2) is 0 Å². The monoisotopic (exact) mass is 295 g/mol. The zero-order valence-corrected chi connectivity index (χ0v) is 11.9. The number of halogens is 1. The first-order chi connectivity index (χ1) is 8.06. The first-order valence-corrected chi connectivity index (χ1v) is 6.49. The summed E-state index contributed by atoms with van der Waals surface area (Å²) in [6.07, 6.45) is 0.544. The summed E-state index contributed by atoms with van der Waals surface area (Å²) in [6.45, 7) is 5.80. The van der Waals surface area contributed by atoms with Gasteiger partial charge < -0.3 is 5.73 Å². The second-order valence-corrected chi connectivity index (χ2v) is 5.13. The molecule has 0 spiro atoms. The SMILES string of the molecule is CC(C)N(CCC#N)Cc1c(N)cccc1Br. The number of hydrogen-bond donors (Lipinski definition) is 1. The van der Waals surface area contributed by atoms with E-state index in [9.17, 15) is 0 Å². The Balaban J connectivity index is 2.83. The predicted molar refractivity (Wildman–Crippen MR) is 74.3 cm³/mol. The summed E-state index contributed by atoms with van der Waals surface area (Å²) in [5.74, 6) is 0. The predicted octanol–water partition coefficient (Wildman–Crippen LogP) is 3.16. The second kappa shape index (κ2) is 6.63. The molecule has 1 aromatic carbocycles. The van der Waals surface area contributed by atoms with E-state index in [2.05, 4.69) is 40.7 Å². The van der Waals surface area contributed by atoms with Crippen LogP contribution in [0.1, 0.15) is 25.8 Å². The number of rotatable bonds is 5. The van der Waals surface area contributed by atoms with Crippen LogP contribution in [0.3, 0.4) is 0 Å². The maximum Gasteiger partial charge on any atom is 0.0635 e. The minimum atomic E-state index is 0.398. The van der Waals surface area contributed by atoms with Gasteiger partial charge in [-0.25, -0.2) is 0 Å². The van der Waals surface area contributed by atoms with Gasteiger partial charge in [-0.3, -0.25) is 4.90 Å². The molecule has 17 heavy (non-hydrogen) atoms. The summed E-state index contributed by atoms with van der Waals surface area (Å²) >= 11 is 3.52. The van der Waals surface area contributed by atoms with Gasteiger partial charge >= 0.3 is 0 Å². The van der Waals surface area contributed by atoms with E-state index in [4.69, 9.17) is 11.0 Å². The molecule has 0 amide bonds. The number of anilines is 1. The highest BCUT2D eigenvalue weighted by Crippen LogP contribution is 2.24. The molecule has 1 aromatic rings. The number of hydrogen-bond acceptors (Lipinski definition) is 3. The van der Waals surface area contributed by atoms with E-state index in [0.717, 1.165) is 28.8 Å². The van der Waals surface area contributed by atoms with Crippen molar-refractivity contribution in [2.45, 2.75) is 32.9 Å². The van der Waals surface area contributed by atoms with Crippen molar-refractivity contribution in [1.29, 1.82) is 5.26 Å². The van der Waals surface area contributed by atoms with Gasteiger partial charge in [-0.1, -0.05) is 22.0 Å². The van der Waals surface area contributed by atoms with Gasteiger partial charge in [0.2, 0.25) is 0 Å². The van der Waals surface area contributed by atoms with Crippen LogP contribution >= 0.6 is 15.9 Å². The van der Waals surface area contributed by atoms with Gasteiger partial charge in [-0.2, -0.15) is 5.26 Å². The van der Waals surface area contributed by atoms with E-state index in [-0.39, 0.29) is 0 Å². The maximum absolute atomic E-state index is 8.66. The van der Waals surface area contributed by atoms with Crippen molar-refractivity contribution in [1.82, 2.24) is 4.90 Å². The van der Waals surface area contributed by atoms with Gasteiger partial charge in [0, 0.05) is 41.3 Å². The summed E-state index contributed by atoms with van der Waals surface area (Å²) in [4.78, 5) is 2.25. The molecular weight excluding hydrogens is 278 g/mol. The maximum atomic E-state index is 8.66. The number of nitriles is 1. The van der Waals surface area contributed by atoms with Crippen LogP contribution in [0.4, 0.5) is 5.69 Å². The molecule has 0 saturated carbocycles. The fourth-order valence-corrected chi connectivity index (χ4v) is 2.17. The fraction of sp³-hybridized carbons (Fsp3) is 0.462. The molecule has 0 aliphatic carbocycles. The van der Waals surface area contributed by atoms with Gasteiger partial charge in [0.25, 0.3) is 0 Å². The van der Waals surface area contributed by atoms with Gasteiger partial charge in [-0.05, 0) is 26.0 Å². The third-order valence-corrected chi connectivity index (χ3v) is 3.50. The number of nitrogen functional groups attached to an aromatic ring is 1. The summed E-state index contributed by atoms with van der Waals surface area (Å²) in [5.41, 5.74) is 7.87. The molecule has 0 bridgehead atoms. The molecular formula is C13H18BrN3. The lowest BCUT2D eigenvalue weighted by Crippen LogP contribution is -2.31. The van der Waals surface area contributed by atoms with Crippen molar-refractivity contribution in [3.63, 3.8) is 0 Å². The minimum Gasteiger partial charge on any atom is -0.398 e. The number of nitrogens with zero attached hydrogens (tertiary/aromatic N) is 2. The van der Waals surface area contributed by atoms with Crippen LogP contribution in [-0.2, 0) is 6.54 Å². The first-order valence-electron chi connectivity index (χ1n) is 5.70. The average molecular weight is 296 g/mol. The Morgan fingerprint density at radius 1 is 1.47 bits per heavy atom. The molecule has 0 aliphatic rings. The van der Waals surface area contributed by atoms with Gasteiger partial charge in [-0.15, -0.1) is 0 Å². The molecule has 0 unspecified atom stereocenters. The Labute approximate surface area is 111 Å². The molecule has 92 valence electrons. The van der Waals surface area contributed by atoms with E-state index < -0.39 is 0 Å². The zero-order valence-electron chi connectivity index (χ0n) is 10.3. The number of benzene rings is 1. The van der Waals surface area contributed by atoms with Crippen LogP contribution < -0.4 is 5.73 Å². The topological polar surface area (TPSA) is 53.0 Å². The standard InChI is InChI=1S/C13H18BrN3/c1-10(2)17(8-4-7-15)9-11-12(14)5-3-6-13(11)16/h3,5-6,10H,4,8-9,16H2,1-2H3. The van der Waals surface area contributed by atoms with Crippen molar-refractivity contribution in [2.24, 2.45) is 0 Å². The highest BCUT2D eigenvalue weighted by molar-refractivity contribution is 9.10. The Morgan fingerprint density at radius 3 is 2.71 bits per heavy atom. The Hall–Kier alpha value is -1.05. The Morgan fingerprint density at radius 2 is 2.18 bits per heavy atom. The van der Waals surface area contributed by atoms with Crippen molar-refractivity contribution in [2.75, 3.05) is 12.3 Å². The Kier molecular flexibility index (Phi) is 5.46. The first kappa shape index (κ1) is 14.0. The lowest BCUT2D eigenvalue weighted by molar-refractivity contribution is 0.218. The van der Waals surface area contributed by atoms with Crippen LogP contribution in [0, 0.1) is 11.3 Å². The second-order valence-electron chi connectivity index (χ2n) is 4.28. The quantitative estimate of drug-likeness (QED) is 0.849. The molecule has 2 N–H and O–H groups in total. The van der Waals surface area contributed by atoms with Crippen LogP contribution in [0.15, 0.2) is 22.7 Å². The van der Waals surface area contributed by atoms with E-state index in [1.807, 2.05) is 18.2 Å². The Bertz CT molecular complexity index is 389. The summed E-state index contributed by atoms with van der Waals surface area (Å²) < 4.78 is 1.03. The third kappa shape index (κ3) is 4.03. The highest BCUT2D eigenvalue weighted by Gasteiger charge is 2.13. The normalized spacial score (nSPS) is 10.8. The van der Waals surface area contributed by atoms with Gasteiger partial charge in [0.05, 0.1) is 6.07 Å². The van der Waals surface area contributed by atoms with Crippen molar-refractivity contribution >= 4 is 21.6 Å². The summed E-state index contributed by atoms with van der Waals surface area (Å²) in [7, 11) is 0. The highest BCUT2D eigenvalue weighted by atomic mass is 79.9. The van der Waals surface area contributed by atoms with Crippen molar-refractivity contribution < 1.29 is 0 Å². The van der Waals surface area contributed by atoms with Crippen molar-refractivity contribution in [3.05, 3.63) is 28.2 Å². The molecule has 3 nitrogen and oxygen atoms in total. The van der Waals surface area contributed by atoms with Crippen LogP contribution in [-0.4, -0.2) is 17.5 Å². The van der Waals surface area contributed by atoms with Crippen LogP contribution in [0.25, 0.3) is 0 Å². The lowest BCUT2D eigenvalue weighted by atomic mass is 10.1. The zero-order chi connectivity index (χ0) is 12.8. The average Bonchev–Trinajstić information content (AvgIpc) is 2.27. The molecule has 4 heteroatoms. The van der Waals surface area contributed by atoms with Crippen LogP contribution in [0.2, 0.25) is 0 Å². The van der Waals surface area contributed by atoms with Crippen molar-refractivity contribution in [3.8, 4) is 6.07 Å². The minimum absolute atomic E-state index is 0.398.